The number of imidazole rings is 1. The van der Waals surface area contributed by atoms with Crippen molar-refractivity contribution in [1.82, 2.24) is 14.9 Å². The number of nitrogens with zero attached hydrogens (tertiary/aromatic N) is 3. The SMILES string of the molecule is COc1ccc([C@H](NC(=O)[C@H]2CC(=O)N(c3ccc4c(c3)OCO4)C2)c2nccn2C)cc1. The topological polar surface area (TPSA) is 94.9 Å². The molecule has 9 heteroatoms. The first kappa shape index (κ1) is 20.9. The number of hydrogen-bond acceptors (Lipinski definition) is 6. The number of hydrogen-bond donors (Lipinski definition) is 1. The first-order valence-corrected chi connectivity index (χ1v) is 10.6. The van der Waals surface area contributed by atoms with Crippen molar-refractivity contribution in [2.24, 2.45) is 13.0 Å². The molecule has 170 valence electrons. The Kier molecular flexibility index (Phi) is 5.37. The fraction of sp³-hybridized carbons (Fsp3) is 0.292. The molecule has 2 aliphatic heterocycles. The molecular weight excluding hydrogens is 424 g/mol. The molecule has 0 unspecified atom stereocenters. The van der Waals surface area contributed by atoms with E-state index >= 15 is 0 Å². The molecule has 0 aliphatic carbocycles. The first-order chi connectivity index (χ1) is 16.0. The van der Waals surface area contributed by atoms with Gasteiger partial charge in [-0.2, -0.15) is 0 Å². The summed E-state index contributed by atoms with van der Waals surface area (Å²) in [6.45, 7) is 0.456. The summed E-state index contributed by atoms with van der Waals surface area (Å²) in [5.74, 6) is 1.89. The summed E-state index contributed by atoms with van der Waals surface area (Å²) in [6.07, 6.45) is 3.66. The van der Waals surface area contributed by atoms with Crippen molar-refractivity contribution >= 4 is 17.5 Å². The summed E-state index contributed by atoms with van der Waals surface area (Å²) < 4.78 is 17.9. The van der Waals surface area contributed by atoms with E-state index in [1.807, 2.05) is 42.1 Å². The molecular formula is C24H24N4O5. The molecule has 0 radical (unpaired) electrons. The van der Waals surface area contributed by atoms with Crippen LogP contribution in [0, 0.1) is 5.92 Å². The standard InChI is InChI=1S/C24H24N4O5/c1-27-10-9-25-23(27)22(15-3-6-18(31-2)7-4-15)26-24(30)16-11-21(29)28(13-16)17-5-8-19-20(12-17)33-14-32-19/h3-10,12,16,22H,11,13-14H2,1-2H3,(H,26,30)/t16-,22-/m0/s1. The summed E-state index contributed by atoms with van der Waals surface area (Å²) in [5, 5.41) is 3.10. The Bertz CT molecular complexity index is 1190. The highest BCUT2D eigenvalue weighted by atomic mass is 16.7. The van der Waals surface area contributed by atoms with Crippen molar-refractivity contribution in [2.75, 3.05) is 25.3 Å². The smallest absolute Gasteiger partial charge is 0.231 e. The van der Waals surface area contributed by atoms with Crippen molar-refractivity contribution in [1.29, 1.82) is 0 Å². The maximum absolute atomic E-state index is 13.3. The fourth-order valence-electron chi connectivity index (χ4n) is 4.19. The molecule has 3 heterocycles. The third-order valence-electron chi connectivity index (χ3n) is 6.02. The molecule has 1 saturated heterocycles. The zero-order valence-corrected chi connectivity index (χ0v) is 18.4. The summed E-state index contributed by atoms with van der Waals surface area (Å²) >= 11 is 0. The molecule has 33 heavy (non-hydrogen) atoms. The first-order valence-electron chi connectivity index (χ1n) is 10.6. The number of anilines is 1. The average Bonchev–Trinajstić information content (AvgIpc) is 3.56. The van der Waals surface area contributed by atoms with Crippen molar-refractivity contribution in [3.05, 3.63) is 66.2 Å². The molecule has 2 aliphatic rings. The third kappa shape index (κ3) is 3.97. The Labute approximate surface area is 190 Å². The number of rotatable bonds is 6. The van der Waals surface area contributed by atoms with Crippen molar-refractivity contribution in [3.63, 3.8) is 0 Å². The summed E-state index contributed by atoms with van der Waals surface area (Å²) in [7, 11) is 3.49. The number of nitrogens with one attached hydrogen (secondary N) is 1. The quantitative estimate of drug-likeness (QED) is 0.622. The van der Waals surface area contributed by atoms with Crippen LogP contribution in [0.5, 0.6) is 17.2 Å². The normalized spacial score (nSPS) is 17.8. The minimum atomic E-state index is -0.482. The van der Waals surface area contributed by atoms with E-state index in [2.05, 4.69) is 10.3 Å². The van der Waals surface area contributed by atoms with E-state index in [0.29, 0.717) is 29.6 Å². The Hall–Kier alpha value is -4.01. The maximum Gasteiger partial charge on any atom is 0.231 e. The van der Waals surface area contributed by atoms with E-state index in [1.54, 1.807) is 36.4 Å². The molecule has 2 atom stereocenters. The van der Waals surface area contributed by atoms with Gasteiger partial charge in [0.25, 0.3) is 0 Å². The van der Waals surface area contributed by atoms with E-state index in [0.717, 1.165) is 11.3 Å². The van der Waals surface area contributed by atoms with Crippen molar-refractivity contribution < 1.29 is 23.8 Å². The van der Waals surface area contributed by atoms with Crippen LogP contribution >= 0.6 is 0 Å². The molecule has 0 spiro atoms. The average molecular weight is 448 g/mol. The van der Waals surface area contributed by atoms with E-state index in [-0.39, 0.29) is 25.0 Å². The lowest BCUT2D eigenvalue weighted by Crippen LogP contribution is -2.37. The van der Waals surface area contributed by atoms with E-state index in [1.165, 1.54) is 0 Å². The van der Waals surface area contributed by atoms with E-state index in [9.17, 15) is 9.59 Å². The van der Waals surface area contributed by atoms with Crippen LogP contribution in [-0.2, 0) is 16.6 Å². The second-order valence-electron chi connectivity index (χ2n) is 8.05. The van der Waals surface area contributed by atoms with Gasteiger partial charge in [-0.05, 0) is 29.8 Å². The van der Waals surface area contributed by atoms with E-state index in [4.69, 9.17) is 14.2 Å². The number of aryl methyl sites for hydroxylation is 1. The van der Waals surface area contributed by atoms with Crippen LogP contribution in [0.1, 0.15) is 23.9 Å². The lowest BCUT2D eigenvalue weighted by atomic mass is 10.0. The molecule has 1 N–H and O–H groups in total. The highest BCUT2D eigenvalue weighted by molar-refractivity contribution is 6.00. The highest BCUT2D eigenvalue weighted by Crippen LogP contribution is 2.37. The van der Waals surface area contributed by atoms with Gasteiger partial charge in [0.1, 0.15) is 17.6 Å². The number of fused-ring (bicyclic) bond motifs is 1. The predicted molar refractivity (Wildman–Crippen MR) is 119 cm³/mol. The molecule has 2 amide bonds. The van der Waals surface area contributed by atoms with Gasteiger partial charge in [-0.25, -0.2) is 4.98 Å². The van der Waals surface area contributed by atoms with Gasteiger partial charge in [-0.1, -0.05) is 12.1 Å². The number of carbonyl (C=O) groups is 2. The second-order valence-corrected chi connectivity index (χ2v) is 8.05. The molecule has 9 nitrogen and oxygen atoms in total. The number of ether oxygens (including phenoxy) is 3. The summed E-state index contributed by atoms with van der Waals surface area (Å²) in [6, 6.07) is 12.4. The van der Waals surface area contributed by atoms with Crippen LogP contribution in [0.2, 0.25) is 0 Å². The number of carbonyl (C=O) groups excluding carboxylic acids is 2. The predicted octanol–water partition coefficient (Wildman–Crippen LogP) is 2.42. The molecule has 5 rings (SSSR count). The Morgan fingerprint density at radius 3 is 2.70 bits per heavy atom. The zero-order chi connectivity index (χ0) is 22.9. The zero-order valence-electron chi connectivity index (χ0n) is 18.4. The van der Waals surface area contributed by atoms with Crippen LogP contribution in [0.15, 0.2) is 54.9 Å². The van der Waals surface area contributed by atoms with Crippen LogP contribution in [0.3, 0.4) is 0 Å². The number of aromatic nitrogens is 2. The van der Waals surface area contributed by atoms with Gasteiger partial charge in [-0.3, -0.25) is 9.59 Å². The molecule has 1 aromatic heterocycles. The Morgan fingerprint density at radius 2 is 1.97 bits per heavy atom. The fourth-order valence-corrected chi connectivity index (χ4v) is 4.19. The molecule has 2 aromatic carbocycles. The Morgan fingerprint density at radius 1 is 1.18 bits per heavy atom. The monoisotopic (exact) mass is 448 g/mol. The minimum absolute atomic E-state index is 0.105. The lowest BCUT2D eigenvalue weighted by Gasteiger charge is -2.22. The third-order valence-corrected chi connectivity index (χ3v) is 6.02. The van der Waals surface area contributed by atoms with Gasteiger partial charge < -0.3 is 29.0 Å². The van der Waals surface area contributed by atoms with Gasteiger partial charge >= 0.3 is 0 Å². The highest BCUT2D eigenvalue weighted by Gasteiger charge is 2.37. The number of amides is 2. The summed E-state index contributed by atoms with van der Waals surface area (Å²) in [5.41, 5.74) is 1.56. The molecule has 0 saturated carbocycles. The Balaban J connectivity index is 1.35. The van der Waals surface area contributed by atoms with E-state index < -0.39 is 12.0 Å². The number of methoxy groups -OCH3 is 1. The van der Waals surface area contributed by atoms with Gasteiger partial charge in [0.05, 0.1) is 13.0 Å². The van der Waals surface area contributed by atoms with Gasteiger partial charge in [0.15, 0.2) is 11.5 Å². The lowest BCUT2D eigenvalue weighted by molar-refractivity contribution is -0.126. The van der Waals surface area contributed by atoms with Crippen molar-refractivity contribution in [3.8, 4) is 17.2 Å². The molecule has 0 bridgehead atoms. The number of benzene rings is 2. The van der Waals surface area contributed by atoms with Gasteiger partial charge in [0.2, 0.25) is 18.6 Å². The van der Waals surface area contributed by atoms with Crippen LogP contribution in [-0.4, -0.2) is 41.8 Å². The van der Waals surface area contributed by atoms with Crippen LogP contribution in [0.25, 0.3) is 0 Å². The maximum atomic E-state index is 13.3. The second kappa shape index (κ2) is 8.50. The summed E-state index contributed by atoms with van der Waals surface area (Å²) in [4.78, 5) is 32.1. The van der Waals surface area contributed by atoms with Crippen molar-refractivity contribution in [2.45, 2.75) is 12.5 Å². The van der Waals surface area contributed by atoms with Crippen LogP contribution < -0.4 is 24.4 Å². The molecule has 3 aromatic rings. The largest absolute Gasteiger partial charge is 0.497 e. The van der Waals surface area contributed by atoms with Gasteiger partial charge in [-0.15, -0.1) is 0 Å². The van der Waals surface area contributed by atoms with Gasteiger partial charge in [0, 0.05) is 44.2 Å². The van der Waals surface area contributed by atoms with Crippen LogP contribution in [0.4, 0.5) is 5.69 Å². The minimum Gasteiger partial charge on any atom is -0.497 e. The molecule has 1 fully saturated rings.